The molecule has 0 aliphatic carbocycles. The molecule has 2 rings (SSSR count). The zero-order valence-electron chi connectivity index (χ0n) is 12.1. The number of hydrogen-bond acceptors (Lipinski definition) is 1. The highest BCUT2D eigenvalue weighted by molar-refractivity contribution is 6.00. The van der Waals surface area contributed by atoms with E-state index in [0.29, 0.717) is 5.69 Å². The van der Waals surface area contributed by atoms with Gasteiger partial charge in [-0.05, 0) is 49.2 Å². The second-order valence-electron chi connectivity index (χ2n) is 4.91. The zero-order chi connectivity index (χ0) is 16.3. The highest BCUT2D eigenvalue weighted by atomic mass is 19.4. The Morgan fingerprint density at radius 2 is 1.68 bits per heavy atom. The normalized spacial score (nSPS) is 11.1. The lowest BCUT2D eigenvalue weighted by atomic mass is 10.1. The van der Waals surface area contributed by atoms with Gasteiger partial charge in [-0.3, -0.25) is 0 Å². The molecule has 0 radical (unpaired) electrons. The summed E-state index contributed by atoms with van der Waals surface area (Å²) >= 11 is 0. The zero-order valence-corrected chi connectivity index (χ0v) is 12.1. The number of rotatable bonds is 2. The van der Waals surface area contributed by atoms with Crippen LogP contribution in [0, 0.1) is 13.8 Å². The Kier molecular flexibility index (Phi) is 4.40. The summed E-state index contributed by atoms with van der Waals surface area (Å²) in [5.41, 5.74) is 1.80. The molecule has 0 fully saturated rings. The smallest absolute Gasteiger partial charge is 0.308 e. The lowest BCUT2D eigenvalue weighted by Crippen LogP contribution is -2.20. The maximum atomic E-state index is 12.6. The average molecular weight is 308 g/mol. The number of aryl methyl sites for hydroxylation is 1. The maximum Gasteiger partial charge on any atom is 0.416 e. The van der Waals surface area contributed by atoms with Crippen LogP contribution in [0.3, 0.4) is 0 Å². The van der Waals surface area contributed by atoms with Gasteiger partial charge in [-0.2, -0.15) is 13.2 Å². The molecule has 0 spiro atoms. The standard InChI is InChI=1S/C16H15F3N2O/c1-10-5-3-8-14(11(10)2)21-15(22)20-13-7-4-6-12(9-13)16(17,18)19/h3-9H,1-2H3,(H2,20,21,22). The van der Waals surface area contributed by atoms with Gasteiger partial charge in [-0.25, -0.2) is 4.79 Å². The summed E-state index contributed by atoms with van der Waals surface area (Å²) in [6, 6.07) is 9.33. The van der Waals surface area contributed by atoms with Crippen molar-refractivity contribution in [1.29, 1.82) is 0 Å². The van der Waals surface area contributed by atoms with Gasteiger partial charge in [0.2, 0.25) is 0 Å². The molecule has 0 aromatic heterocycles. The van der Waals surface area contributed by atoms with Crippen molar-refractivity contribution in [3.05, 3.63) is 59.2 Å². The molecule has 0 saturated heterocycles. The Morgan fingerprint density at radius 3 is 2.36 bits per heavy atom. The molecule has 0 heterocycles. The topological polar surface area (TPSA) is 41.1 Å². The van der Waals surface area contributed by atoms with Gasteiger partial charge in [0.15, 0.2) is 0 Å². The summed E-state index contributed by atoms with van der Waals surface area (Å²) in [4.78, 5) is 11.9. The van der Waals surface area contributed by atoms with Crippen molar-refractivity contribution in [3.63, 3.8) is 0 Å². The molecule has 116 valence electrons. The summed E-state index contributed by atoms with van der Waals surface area (Å²) in [6.45, 7) is 3.76. The van der Waals surface area contributed by atoms with Crippen molar-refractivity contribution < 1.29 is 18.0 Å². The van der Waals surface area contributed by atoms with Crippen LogP contribution in [0.2, 0.25) is 0 Å². The van der Waals surface area contributed by atoms with Crippen LogP contribution in [-0.4, -0.2) is 6.03 Å². The number of benzene rings is 2. The summed E-state index contributed by atoms with van der Waals surface area (Å²) in [7, 11) is 0. The highest BCUT2D eigenvalue weighted by Gasteiger charge is 2.30. The van der Waals surface area contributed by atoms with E-state index in [4.69, 9.17) is 0 Å². The van der Waals surface area contributed by atoms with Crippen LogP contribution < -0.4 is 10.6 Å². The largest absolute Gasteiger partial charge is 0.416 e. The molecule has 0 aliphatic heterocycles. The lowest BCUT2D eigenvalue weighted by molar-refractivity contribution is -0.137. The van der Waals surface area contributed by atoms with Gasteiger partial charge in [-0.1, -0.05) is 18.2 Å². The van der Waals surface area contributed by atoms with Crippen molar-refractivity contribution >= 4 is 17.4 Å². The summed E-state index contributed by atoms with van der Waals surface area (Å²) in [5.74, 6) is 0. The fourth-order valence-electron chi connectivity index (χ4n) is 1.94. The van der Waals surface area contributed by atoms with Gasteiger partial charge in [0, 0.05) is 11.4 Å². The van der Waals surface area contributed by atoms with E-state index in [1.165, 1.54) is 12.1 Å². The van der Waals surface area contributed by atoms with Gasteiger partial charge in [0.1, 0.15) is 0 Å². The lowest BCUT2D eigenvalue weighted by Gasteiger charge is -2.12. The van der Waals surface area contributed by atoms with Crippen LogP contribution in [0.15, 0.2) is 42.5 Å². The van der Waals surface area contributed by atoms with Gasteiger partial charge in [0.05, 0.1) is 5.56 Å². The summed E-state index contributed by atoms with van der Waals surface area (Å²) in [5, 5.41) is 5.03. The predicted molar refractivity (Wildman–Crippen MR) is 80.0 cm³/mol. The highest BCUT2D eigenvalue weighted by Crippen LogP contribution is 2.30. The average Bonchev–Trinajstić information content (AvgIpc) is 2.43. The van der Waals surface area contributed by atoms with Crippen molar-refractivity contribution in [2.45, 2.75) is 20.0 Å². The number of carbonyl (C=O) groups excluding carboxylic acids is 1. The second kappa shape index (κ2) is 6.09. The molecule has 3 nitrogen and oxygen atoms in total. The molecule has 2 aromatic carbocycles. The Labute approximate surface area is 126 Å². The fraction of sp³-hybridized carbons (Fsp3) is 0.188. The van der Waals surface area contributed by atoms with Crippen molar-refractivity contribution in [3.8, 4) is 0 Å². The molecule has 0 atom stereocenters. The van der Waals surface area contributed by atoms with Gasteiger partial charge >= 0.3 is 12.2 Å². The first kappa shape index (κ1) is 15.9. The number of halogens is 3. The number of carbonyl (C=O) groups is 1. The first-order chi connectivity index (χ1) is 10.3. The molecule has 0 unspecified atom stereocenters. The maximum absolute atomic E-state index is 12.6. The van der Waals surface area contributed by atoms with E-state index >= 15 is 0 Å². The predicted octanol–water partition coefficient (Wildman–Crippen LogP) is 4.97. The van der Waals surface area contributed by atoms with Crippen LogP contribution in [0.5, 0.6) is 0 Å². The quantitative estimate of drug-likeness (QED) is 0.808. The van der Waals surface area contributed by atoms with E-state index in [1.54, 1.807) is 12.1 Å². The Balaban J connectivity index is 2.11. The number of amides is 2. The minimum atomic E-state index is -4.44. The van der Waals surface area contributed by atoms with Gasteiger partial charge < -0.3 is 10.6 Å². The molecule has 0 saturated carbocycles. The SMILES string of the molecule is Cc1cccc(NC(=O)Nc2cccc(C(F)(F)F)c2)c1C. The van der Waals surface area contributed by atoms with E-state index < -0.39 is 17.8 Å². The minimum absolute atomic E-state index is 0.0811. The van der Waals surface area contributed by atoms with E-state index in [9.17, 15) is 18.0 Å². The van der Waals surface area contributed by atoms with Gasteiger partial charge in [0.25, 0.3) is 0 Å². The minimum Gasteiger partial charge on any atom is -0.308 e. The first-order valence-corrected chi connectivity index (χ1v) is 6.59. The number of urea groups is 1. The molecular formula is C16H15F3N2O. The molecular weight excluding hydrogens is 293 g/mol. The third kappa shape index (κ3) is 3.78. The Hall–Kier alpha value is -2.50. The first-order valence-electron chi connectivity index (χ1n) is 6.59. The Morgan fingerprint density at radius 1 is 1.00 bits per heavy atom. The fourth-order valence-corrected chi connectivity index (χ4v) is 1.94. The molecule has 22 heavy (non-hydrogen) atoms. The molecule has 0 bridgehead atoms. The van der Waals surface area contributed by atoms with Crippen LogP contribution in [-0.2, 0) is 6.18 Å². The molecule has 2 amide bonds. The molecule has 0 aliphatic rings. The van der Waals surface area contributed by atoms with E-state index in [0.717, 1.165) is 23.3 Å². The van der Waals surface area contributed by atoms with Crippen molar-refractivity contribution in [1.82, 2.24) is 0 Å². The third-order valence-corrected chi connectivity index (χ3v) is 3.30. The number of nitrogens with one attached hydrogen (secondary N) is 2. The number of anilines is 2. The number of alkyl halides is 3. The summed E-state index contributed by atoms with van der Waals surface area (Å²) in [6.07, 6.45) is -4.44. The Bertz CT molecular complexity index is 696. The van der Waals surface area contributed by atoms with E-state index in [2.05, 4.69) is 10.6 Å². The van der Waals surface area contributed by atoms with E-state index in [-0.39, 0.29) is 5.69 Å². The third-order valence-electron chi connectivity index (χ3n) is 3.30. The molecule has 2 N–H and O–H groups in total. The van der Waals surface area contributed by atoms with Crippen molar-refractivity contribution in [2.24, 2.45) is 0 Å². The van der Waals surface area contributed by atoms with Gasteiger partial charge in [-0.15, -0.1) is 0 Å². The van der Waals surface area contributed by atoms with Crippen LogP contribution in [0.25, 0.3) is 0 Å². The number of hydrogen-bond donors (Lipinski definition) is 2. The second-order valence-corrected chi connectivity index (χ2v) is 4.91. The van der Waals surface area contributed by atoms with Crippen LogP contribution >= 0.6 is 0 Å². The molecule has 2 aromatic rings. The van der Waals surface area contributed by atoms with E-state index in [1.807, 2.05) is 19.9 Å². The summed E-state index contributed by atoms with van der Waals surface area (Å²) < 4.78 is 37.9. The molecule has 6 heteroatoms. The monoisotopic (exact) mass is 308 g/mol. The van der Waals surface area contributed by atoms with Crippen LogP contribution in [0.4, 0.5) is 29.3 Å². The van der Waals surface area contributed by atoms with Crippen molar-refractivity contribution in [2.75, 3.05) is 10.6 Å². The van der Waals surface area contributed by atoms with Crippen LogP contribution in [0.1, 0.15) is 16.7 Å².